The molecule has 7 heteroatoms. The van der Waals surface area contributed by atoms with Crippen LogP contribution in [0.2, 0.25) is 0 Å². The summed E-state index contributed by atoms with van der Waals surface area (Å²) in [4.78, 5) is 13.3. The van der Waals surface area contributed by atoms with Gasteiger partial charge in [-0.2, -0.15) is 14.9 Å². The molecule has 0 saturated heterocycles. The van der Waals surface area contributed by atoms with Crippen molar-refractivity contribution >= 4 is 17.2 Å². The van der Waals surface area contributed by atoms with Gasteiger partial charge in [0.2, 0.25) is 0 Å². The second-order valence-corrected chi connectivity index (χ2v) is 4.18. The van der Waals surface area contributed by atoms with Crippen LogP contribution in [0.1, 0.15) is 5.56 Å². The standard InChI is InChI=1S/C13H10N6O/c1-18(10-5-3-2-4-9(10)8-14)12-7-6-11-15-16-13(20)19(11)17-12/h2-7H,1H3,(H,16,20). The van der Waals surface area contributed by atoms with Gasteiger partial charge in [0.15, 0.2) is 11.5 Å². The van der Waals surface area contributed by atoms with Gasteiger partial charge < -0.3 is 4.90 Å². The average molecular weight is 266 g/mol. The molecular formula is C13H10N6O. The fraction of sp³-hybridized carbons (Fsp3) is 0.0769. The van der Waals surface area contributed by atoms with E-state index in [1.54, 1.807) is 36.2 Å². The molecule has 3 rings (SSSR count). The summed E-state index contributed by atoms with van der Waals surface area (Å²) in [5.74, 6) is 0.545. The minimum Gasteiger partial charge on any atom is -0.327 e. The number of nitriles is 1. The molecule has 0 atom stereocenters. The van der Waals surface area contributed by atoms with Gasteiger partial charge >= 0.3 is 5.69 Å². The molecule has 98 valence electrons. The number of nitrogens with zero attached hydrogens (tertiary/aromatic N) is 5. The van der Waals surface area contributed by atoms with Crippen molar-refractivity contribution in [2.75, 3.05) is 11.9 Å². The average Bonchev–Trinajstić information content (AvgIpc) is 2.87. The second kappa shape index (κ2) is 4.51. The summed E-state index contributed by atoms with van der Waals surface area (Å²) in [7, 11) is 1.79. The molecule has 0 bridgehead atoms. The fourth-order valence-electron chi connectivity index (χ4n) is 1.96. The van der Waals surface area contributed by atoms with Gasteiger partial charge in [-0.15, -0.1) is 5.10 Å². The number of aromatic amines is 1. The van der Waals surface area contributed by atoms with Crippen molar-refractivity contribution in [1.29, 1.82) is 5.26 Å². The van der Waals surface area contributed by atoms with Crippen LogP contribution in [0.15, 0.2) is 41.2 Å². The Hall–Kier alpha value is -3.14. The topological polar surface area (TPSA) is 90.1 Å². The third kappa shape index (κ3) is 1.80. The van der Waals surface area contributed by atoms with E-state index in [0.717, 1.165) is 5.69 Å². The first kappa shape index (κ1) is 11.9. The van der Waals surface area contributed by atoms with E-state index in [0.29, 0.717) is 17.0 Å². The van der Waals surface area contributed by atoms with Gasteiger partial charge in [0.25, 0.3) is 0 Å². The van der Waals surface area contributed by atoms with Gasteiger partial charge in [0.05, 0.1) is 11.3 Å². The van der Waals surface area contributed by atoms with E-state index in [1.165, 1.54) is 4.52 Å². The van der Waals surface area contributed by atoms with E-state index in [2.05, 4.69) is 21.4 Å². The zero-order valence-electron chi connectivity index (χ0n) is 10.6. The number of anilines is 2. The number of para-hydroxylation sites is 1. The quantitative estimate of drug-likeness (QED) is 0.749. The number of hydrogen-bond donors (Lipinski definition) is 1. The van der Waals surface area contributed by atoms with E-state index < -0.39 is 5.69 Å². The Morgan fingerprint density at radius 2 is 2.10 bits per heavy atom. The van der Waals surface area contributed by atoms with Crippen LogP contribution in [-0.4, -0.2) is 26.9 Å². The van der Waals surface area contributed by atoms with Crippen molar-refractivity contribution in [3.63, 3.8) is 0 Å². The molecule has 0 aliphatic rings. The molecule has 20 heavy (non-hydrogen) atoms. The largest absolute Gasteiger partial charge is 0.364 e. The number of benzene rings is 1. The molecule has 0 aliphatic heterocycles. The maximum absolute atomic E-state index is 11.5. The van der Waals surface area contributed by atoms with Crippen molar-refractivity contribution in [3.05, 3.63) is 52.4 Å². The molecule has 0 aliphatic carbocycles. The van der Waals surface area contributed by atoms with Crippen LogP contribution < -0.4 is 10.6 Å². The summed E-state index contributed by atoms with van der Waals surface area (Å²) in [6.07, 6.45) is 0. The molecule has 0 fully saturated rings. The normalized spacial score (nSPS) is 10.4. The van der Waals surface area contributed by atoms with E-state index in [4.69, 9.17) is 5.26 Å². The van der Waals surface area contributed by atoms with E-state index in [1.807, 2.05) is 12.1 Å². The molecule has 0 saturated carbocycles. The van der Waals surface area contributed by atoms with Crippen LogP contribution in [0.4, 0.5) is 11.5 Å². The SMILES string of the molecule is CN(c1ccc2n[nH]c(=O)n2n1)c1ccccc1C#N. The lowest BCUT2D eigenvalue weighted by molar-refractivity contribution is 0.867. The van der Waals surface area contributed by atoms with E-state index in [-0.39, 0.29) is 0 Å². The molecule has 2 aromatic heterocycles. The first-order valence-electron chi connectivity index (χ1n) is 5.88. The Morgan fingerprint density at radius 1 is 1.30 bits per heavy atom. The van der Waals surface area contributed by atoms with Crippen molar-refractivity contribution in [2.45, 2.75) is 0 Å². The van der Waals surface area contributed by atoms with E-state index in [9.17, 15) is 4.79 Å². The Balaban J connectivity index is 2.12. The van der Waals surface area contributed by atoms with Gasteiger partial charge in [-0.25, -0.2) is 9.89 Å². The van der Waals surface area contributed by atoms with Crippen molar-refractivity contribution in [3.8, 4) is 6.07 Å². The predicted molar refractivity (Wildman–Crippen MR) is 72.8 cm³/mol. The summed E-state index contributed by atoms with van der Waals surface area (Å²) >= 11 is 0. The summed E-state index contributed by atoms with van der Waals surface area (Å²) < 4.78 is 1.18. The molecular weight excluding hydrogens is 256 g/mol. The van der Waals surface area contributed by atoms with Crippen LogP contribution in [-0.2, 0) is 0 Å². The smallest absolute Gasteiger partial charge is 0.327 e. The molecule has 0 unspecified atom stereocenters. The molecule has 1 N–H and O–H groups in total. The van der Waals surface area contributed by atoms with Gasteiger partial charge in [-0.3, -0.25) is 0 Å². The highest BCUT2D eigenvalue weighted by Gasteiger charge is 2.11. The maximum Gasteiger partial charge on any atom is 0.364 e. The summed E-state index contributed by atoms with van der Waals surface area (Å²) in [6.45, 7) is 0. The second-order valence-electron chi connectivity index (χ2n) is 4.18. The maximum atomic E-state index is 11.5. The number of hydrogen-bond acceptors (Lipinski definition) is 5. The number of aromatic nitrogens is 4. The minimum atomic E-state index is -0.399. The van der Waals surface area contributed by atoms with Gasteiger partial charge in [0, 0.05) is 7.05 Å². The summed E-state index contributed by atoms with van der Waals surface area (Å²) in [6, 6.07) is 12.8. The van der Waals surface area contributed by atoms with Crippen molar-refractivity contribution in [2.24, 2.45) is 0 Å². The molecule has 3 aromatic rings. The highest BCUT2D eigenvalue weighted by Crippen LogP contribution is 2.24. The number of H-pyrrole nitrogens is 1. The first-order valence-corrected chi connectivity index (χ1v) is 5.88. The lowest BCUT2D eigenvalue weighted by atomic mass is 10.2. The third-order valence-electron chi connectivity index (χ3n) is 2.99. The highest BCUT2D eigenvalue weighted by atomic mass is 16.2. The zero-order chi connectivity index (χ0) is 14.1. The van der Waals surface area contributed by atoms with Crippen LogP contribution in [0, 0.1) is 11.3 Å². The lowest BCUT2D eigenvalue weighted by Crippen LogP contribution is -2.18. The predicted octanol–water partition coefficient (Wildman–Crippen LogP) is 1.06. The molecule has 7 nitrogen and oxygen atoms in total. The Kier molecular flexibility index (Phi) is 2.69. The van der Waals surface area contributed by atoms with Crippen molar-refractivity contribution in [1.82, 2.24) is 19.8 Å². The van der Waals surface area contributed by atoms with Gasteiger partial charge in [-0.1, -0.05) is 12.1 Å². The van der Waals surface area contributed by atoms with Crippen LogP contribution in [0.3, 0.4) is 0 Å². The van der Waals surface area contributed by atoms with Crippen LogP contribution in [0.25, 0.3) is 5.65 Å². The summed E-state index contributed by atoms with van der Waals surface area (Å²) in [5, 5.41) is 19.5. The van der Waals surface area contributed by atoms with Crippen LogP contribution in [0.5, 0.6) is 0 Å². The number of fused-ring (bicyclic) bond motifs is 1. The first-order chi connectivity index (χ1) is 9.70. The van der Waals surface area contributed by atoms with Crippen molar-refractivity contribution < 1.29 is 0 Å². The molecule has 0 spiro atoms. The Bertz CT molecular complexity index is 872. The fourth-order valence-corrected chi connectivity index (χ4v) is 1.96. The molecule has 0 amide bonds. The highest BCUT2D eigenvalue weighted by molar-refractivity contribution is 5.66. The molecule has 2 heterocycles. The van der Waals surface area contributed by atoms with Gasteiger partial charge in [0.1, 0.15) is 6.07 Å². The van der Waals surface area contributed by atoms with Crippen LogP contribution >= 0.6 is 0 Å². The Morgan fingerprint density at radius 3 is 2.90 bits per heavy atom. The molecule has 1 aromatic carbocycles. The summed E-state index contributed by atoms with van der Waals surface area (Å²) in [5.41, 5.74) is 1.30. The molecule has 0 radical (unpaired) electrons. The number of nitrogens with one attached hydrogen (secondary N) is 1. The number of rotatable bonds is 2. The third-order valence-corrected chi connectivity index (χ3v) is 2.99. The van der Waals surface area contributed by atoms with Gasteiger partial charge in [-0.05, 0) is 24.3 Å². The zero-order valence-corrected chi connectivity index (χ0v) is 10.6. The Labute approximate surface area is 113 Å². The monoisotopic (exact) mass is 266 g/mol. The van der Waals surface area contributed by atoms with E-state index >= 15 is 0 Å². The minimum absolute atomic E-state index is 0.399. The lowest BCUT2D eigenvalue weighted by Gasteiger charge is -2.18.